The van der Waals surface area contributed by atoms with Gasteiger partial charge in [0, 0.05) is 37.4 Å². The van der Waals surface area contributed by atoms with E-state index in [1.807, 2.05) is 78.2 Å². The van der Waals surface area contributed by atoms with Crippen LogP contribution < -0.4 is 20.9 Å². The van der Waals surface area contributed by atoms with Crippen LogP contribution in [0, 0.1) is 0 Å². The van der Waals surface area contributed by atoms with E-state index >= 15 is 0 Å². The second-order valence-corrected chi connectivity index (χ2v) is 11.6. The number of carbonyl (C=O) groups is 3. The maximum atomic E-state index is 13.7. The summed E-state index contributed by atoms with van der Waals surface area (Å²) in [7, 11) is 0. The predicted octanol–water partition coefficient (Wildman–Crippen LogP) is 3.35. The number of nitrogens with one attached hydrogen (secondary N) is 3. The van der Waals surface area contributed by atoms with Gasteiger partial charge in [-0.25, -0.2) is 4.79 Å². The number of urea groups is 1. The number of carbonyl (C=O) groups excluding carboxylic acids is 3. The Balaban J connectivity index is 1.23. The van der Waals surface area contributed by atoms with Gasteiger partial charge in [-0.05, 0) is 76.1 Å². The molecule has 0 bridgehead atoms. The fraction of sp³-hybridized carbons (Fsp3) is 0.516. The Bertz CT molecular complexity index is 1170. The molecule has 2 atom stereocenters. The number of piperidine rings is 2. The van der Waals surface area contributed by atoms with E-state index in [-0.39, 0.29) is 29.9 Å². The molecule has 0 spiro atoms. The quantitative estimate of drug-likeness (QED) is 0.511. The van der Waals surface area contributed by atoms with Crippen LogP contribution in [-0.2, 0) is 21.4 Å². The van der Waals surface area contributed by atoms with Gasteiger partial charge in [0.05, 0.1) is 5.41 Å². The van der Waals surface area contributed by atoms with Crippen molar-refractivity contribution in [3.05, 3.63) is 65.7 Å². The second kappa shape index (κ2) is 11.8. The van der Waals surface area contributed by atoms with Crippen molar-refractivity contribution >= 4 is 23.5 Å². The van der Waals surface area contributed by atoms with Crippen LogP contribution in [0.25, 0.3) is 0 Å². The van der Waals surface area contributed by atoms with Crippen LogP contribution in [0.3, 0.4) is 0 Å². The van der Waals surface area contributed by atoms with Crippen molar-refractivity contribution in [1.29, 1.82) is 0 Å². The Morgan fingerprint density at radius 3 is 2.46 bits per heavy atom. The zero-order valence-electron chi connectivity index (χ0n) is 23.1. The minimum atomic E-state index is -0.605. The molecule has 3 aliphatic heterocycles. The fourth-order valence-electron chi connectivity index (χ4n) is 6.24. The number of para-hydroxylation sites is 1. The van der Waals surface area contributed by atoms with Gasteiger partial charge >= 0.3 is 6.03 Å². The van der Waals surface area contributed by atoms with E-state index in [4.69, 9.17) is 0 Å². The molecule has 3 aliphatic rings. The lowest BCUT2D eigenvalue weighted by Crippen LogP contribution is -2.57. The summed E-state index contributed by atoms with van der Waals surface area (Å²) < 4.78 is 0. The summed E-state index contributed by atoms with van der Waals surface area (Å²) in [5, 5.41) is 9.35. The highest BCUT2D eigenvalue weighted by atomic mass is 16.2. The number of benzene rings is 2. The molecule has 2 fully saturated rings. The molecule has 2 aromatic carbocycles. The minimum Gasteiger partial charge on any atom is -0.341 e. The predicted molar refractivity (Wildman–Crippen MR) is 153 cm³/mol. The largest absolute Gasteiger partial charge is 0.341 e. The molecule has 208 valence electrons. The smallest absolute Gasteiger partial charge is 0.315 e. The van der Waals surface area contributed by atoms with Crippen molar-refractivity contribution in [1.82, 2.24) is 20.9 Å². The Labute approximate surface area is 231 Å². The first kappa shape index (κ1) is 27.2. The monoisotopic (exact) mass is 531 g/mol. The van der Waals surface area contributed by atoms with E-state index in [9.17, 15) is 14.4 Å². The van der Waals surface area contributed by atoms with Crippen LogP contribution in [0.5, 0.6) is 0 Å². The Hall–Kier alpha value is -3.39. The van der Waals surface area contributed by atoms with Gasteiger partial charge in [0.25, 0.3) is 0 Å². The summed E-state index contributed by atoms with van der Waals surface area (Å²) in [5.41, 5.74) is 2.66. The van der Waals surface area contributed by atoms with Gasteiger partial charge in [0.2, 0.25) is 11.8 Å². The standard InChI is InChI=1S/C31H41N5O3/c1-31(2)25-12-6-7-13-27(25)36(29(31)38)24-16-19-35(20-17-24)28(37)26(15-14-22-9-4-3-5-10-22)34-30(39)33-23-11-8-18-32-21-23/h3-7,9-10,12-13,23-24,26,32H,8,11,14-21H2,1-2H3,(H2,33,34,39). The fourth-order valence-corrected chi connectivity index (χ4v) is 6.24. The van der Waals surface area contributed by atoms with E-state index in [2.05, 4.69) is 16.0 Å². The molecule has 3 heterocycles. The number of aryl methyl sites for hydroxylation is 1. The van der Waals surface area contributed by atoms with Crippen molar-refractivity contribution in [3.8, 4) is 0 Å². The molecular formula is C31H41N5O3. The van der Waals surface area contributed by atoms with Crippen LogP contribution in [0.4, 0.5) is 10.5 Å². The Kier molecular flexibility index (Phi) is 8.21. The van der Waals surface area contributed by atoms with E-state index in [1.54, 1.807) is 0 Å². The van der Waals surface area contributed by atoms with Gasteiger partial charge in [-0.1, -0.05) is 48.5 Å². The third kappa shape index (κ3) is 5.96. The molecule has 0 radical (unpaired) electrons. The number of anilines is 1. The highest BCUT2D eigenvalue weighted by Crippen LogP contribution is 2.43. The zero-order chi connectivity index (χ0) is 27.4. The molecule has 0 aromatic heterocycles. The lowest BCUT2D eigenvalue weighted by Gasteiger charge is -2.38. The lowest BCUT2D eigenvalue weighted by atomic mass is 9.86. The molecular weight excluding hydrogens is 490 g/mol. The molecule has 5 rings (SSSR count). The third-order valence-corrected chi connectivity index (χ3v) is 8.53. The number of amides is 4. The molecule has 2 saturated heterocycles. The number of likely N-dealkylation sites (tertiary alicyclic amines) is 1. The topological polar surface area (TPSA) is 93.8 Å². The van der Waals surface area contributed by atoms with Gasteiger partial charge < -0.3 is 25.8 Å². The first-order valence-corrected chi connectivity index (χ1v) is 14.4. The number of fused-ring (bicyclic) bond motifs is 1. The van der Waals surface area contributed by atoms with Gasteiger partial charge in [0.15, 0.2) is 0 Å². The molecule has 8 nitrogen and oxygen atoms in total. The average Bonchev–Trinajstić information content (AvgIpc) is 3.16. The maximum absolute atomic E-state index is 13.7. The number of rotatable bonds is 7. The van der Waals surface area contributed by atoms with Crippen LogP contribution in [-0.4, -0.2) is 67.0 Å². The van der Waals surface area contributed by atoms with Gasteiger partial charge in [-0.2, -0.15) is 0 Å². The van der Waals surface area contributed by atoms with E-state index in [1.165, 1.54) is 0 Å². The summed E-state index contributed by atoms with van der Waals surface area (Å²) in [6.45, 7) is 6.83. The maximum Gasteiger partial charge on any atom is 0.315 e. The van der Waals surface area contributed by atoms with Crippen LogP contribution >= 0.6 is 0 Å². The third-order valence-electron chi connectivity index (χ3n) is 8.53. The van der Waals surface area contributed by atoms with Crippen molar-refractivity contribution in [2.45, 2.75) is 75.9 Å². The highest BCUT2D eigenvalue weighted by molar-refractivity contribution is 6.08. The Morgan fingerprint density at radius 1 is 1.03 bits per heavy atom. The molecule has 0 saturated carbocycles. The summed E-state index contributed by atoms with van der Waals surface area (Å²) in [6.07, 6.45) is 4.63. The normalized spacial score (nSPS) is 21.8. The molecule has 4 amide bonds. The zero-order valence-corrected chi connectivity index (χ0v) is 23.1. The van der Waals surface area contributed by atoms with Gasteiger partial charge in [-0.15, -0.1) is 0 Å². The van der Waals surface area contributed by atoms with Crippen molar-refractivity contribution < 1.29 is 14.4 Å². The molecule has 2 aromatic rings. The first-order chi connectivity index (χ1) is 18.8. The Morgan fingerprint density at radius 2 is 1.74 bits per heavy atom. The molecule has 3 N–H and O–H groups in total. The summed E-state index contributed by atoms with van der Waals surface area (Å²) in [6, 6.07) is 17.3. The number of hydrogen-bond donors (Lipinski definition) is 3. The van der Waals surface area contributed by atoms with E-state index in [0.29, 0.717) is 38.8 Å². The molecule has 39 heavy (non-hydrogen) atoms. The summed E-state index contributed by atoms with van der Waals surface area (Å²) >= 11 is 0. The molecule has 8 heteroatoms. The van der Waals surface area contributed by atoms with E-state index < -0.39 is 11.5 Å². The first-order valence-electron chi connectivity index (χ1n) is 14.4. The summed E-state index contributed by atoms with van der Waals surface area (Å²) in [5.74, 6) is 0.0829. The second-order valence-electron chi connectivity index (χ2n) is 11.6. The van der Waals surface area contributed by atoms with Crippen LogP contribution in [0.2, 0.25) is 0 Å². The van der Waals surface area contributed by atoms with Gasteiger partial charge in [0.1, 0.15) is 6.04 Å². The van der Waals surface area contributed by atoms with Crippen molar-refractivity contribution in [2.24, 2.45) is 0 Å². The van der Waals surface area contributed by atoms with Crippen LogP contribution in [0.15, 0.2) is 54.6 Å². The highest BCUT2D eigenvalue weighted by Gasteiger charge is 2.46. The van der Waals surface area contributed by atoms with Gasteiger partial charge in [-0.3, -0.25) is 9.59 Å². The summed E-state index contributed by atoms with van der Waals surface area (Å²) in [4.78, 5) is 43.9. The lowest BCUT2D eigenvalue weighted by molar-refractivity contribution is -0.134. The number of nitrogens with zero attached hydrogens (tertiary/aromatic N) is 2. The van der Waals surface area contributed by atoms with Crippen molar-refractivity contribution in [3.63, 3.8) is 0 Å². The SMILES string of the molecule is CC1(C)C(=O)N(C2CCN(C(=O)C(CCc3ccccc3)NC(=O)NC3CCCNC3)CC2)c2ccccc21. The number of hydrogen-bond acceptors (Lipinski definition) is 4. The molecule has 0 aliphatic carbocycles. The van der Waals surface area contributed by atoms with Crippen LogP contribution in [0.1, 0.15) is 57.1 Å². The molecule has 2 unspecified atom stereocenters. The van der Waals surface area contributed by atoms with Crippen molar-refractivity contribution in [2.75, 3.05) is 31.1 Å². The average molecular weight is 532 g/mol. The minimum absolute atomic E-state index is 0.0465. The van der Waals surface area contributed by atoms with E-state index in [0.717, 1.165) is 42.7 Å².